The zero-order valence-electron chi connectivity index (χ0n) is 20.7. The van der Waals surface area contributed by atoms with Crippen molar-refractivity contribution in [3.8, 4) is 0 Å². The highest BCUT2D eigenvalue weighted by Crippen LogP contribution is 2.48. The average molecular weight is 407 g/mol. The third kappa shape index (κ3) is 5.30. The first kappa shape index (κ1) is 23.4. The van der Waals surface area contributed by atoms with E-state index in [2.05, 4.69) is 72.4 Å². The molecule has 0 saturated heterocycles. The Balaban J connectivity index is 1.97. The molecule has 2 aliphatic rings. The van der Waals surface area contributed by atoms with Crippen LogP contribution in [0.25, 0.3) is 0 Å². The van der Waals surface area contributed by atoms with Crippen LogP contribution >= 0.6 is 0 Å². The van der Waals surface area contributed by atoms with Gasteiger partial charge in [-0.25, -0.2) is 0 Å². The molecule has 1 saturated carbocycles. The first-order chi connectivity index (χ1) is 14.1. The van der Waals surface area contributed by atoms with Crippen LogP contribution in [0.4, 0.5) is 0 Å². The van der Waals surface area contributed by atoms with Crippen molar-refractivity contribution in [2.75, 3.05) is 0 Å². The fraction of sp³-hybridized carbons (Fsp3) is 0.667. The lowest BCUT2D eigenvalue weighted by molar-refractivity contribution is 0.192. The summed E-state index contributed by atoms with van der Waals surface area (Å²) in [6.45, 7) is 19.1. The molecule has 0 aliphatic heterocycles. The van der Waals surface area contributed by atoms with Crippen LogP contribution in [0.1, 0.15) is 116 Å². The predicted octanol–water partition coefficient (Wildman–Crippen LogP) is 9.19. The van der Waals surface area contributed by atoms with Crippen molar-refractivity contribution in [3.05, 3.63) is 58.7 Å². The summed E-state index contributed by atoms with van der Waals surface area (Å²) in [6.07, 6.45) is 15.2. The molecule has 1 aromatic rings. The van der Waals surface area contributed by atoms with Crippen LogP contribution in [0, 0.1) is 16.7 Å². The third-order valence-corrected chi connectivity index (χ3v) is 8.22. The van der Waals surface area contributed by atoms with Crippen molar-refractivity contribution in [3.63, 3.8) is 0 Å². The summed E-state index contributed by atoms with van der Waals surface area (Å²) in [7, 11) is 0. The first-order valence-electron chi connectivity index (χ1n) is 12.6. The molecule has 1 fully saturated rings. The second-order valence-corrected chi connectivity index (χ2v) is 11.8. The molecule has 0 amide bonds. The lowest BCUT2D eigenvalue weighted by Gasteiger charge is -2.41. The monoisotopic (exact) mass is 406 g/mol. The van der Waals surface area contributed by atoms with Crippen LogP contribution in [-0.2, 0) is 12.8 Å². The molecule has 0 bridgehead atoms. The van der Waals surface area contributed by atoms with Gasteiger partial charge in [-0.2, -0.15) is 0 Å². The third-order valence-electron chi connectivity index (χ3n) is 8.22. The second kappa shape index (κ2) is 9.46. The summed E-state index contributed by atoms with van der Waals surface area (Å²) >= 11 is 0. The van der Waals surface area contributed by atoms with Gasteiger partial charge in [0.25, 0.3) is 0 Å². The summed E-state index contributed by atoms with van der Waals surface area (Å²) in [6, 6.07) is 7.46. The van der Waals surface area contributed by atoms with E-state index in [4.69, 9.17) is 0 Å². The van der Waals surface area contributed by atoms with Crippen LogP contribution in [0.3, 0.4) is 0 Å². The minimum absolute atomic E-state index is 0.327. The predicted molar refractivity (Wildman–Crippen MR) is 133 cm³/mol. The van der Waals surface area contributed by atoms with Gasteiger partial charge in [-0.05, 0) is 84.8 Å². The Morgan fingerprint density at radius 3 is 2.47 bits per heavy atom. The van der Waals surface area contributed by atoms with E-state index in [1.807, 2.05) is 0 Å². The molecule has 1 aromatic carbocycles. The van der Waals surface area contributed by atoms with E-state index in [-0.39, 0.29) is 0 Å². The Morgan fingerprint density at radius 2 is 1.83 bits per heavy atom. The van der Waals surface area contributed by atoms with E-state index in [1.54, 1.807) is 16.7 Å². The Bertz CT molecular complexity index is 764. The van der Waals surface area contributed by atoms with Gasteiger partial charge >= 0.3 is 0 Å². The summed E-state index contributed by atoms with van der Waals surface area (Å²) in [4.78, 5) is 0. The molecule has 0 aromatic heterocycles. The highest BCUT2D eigenvalue weighted by molar-refractivity contribution is 5.40. The average Bonchev–Trinajstić information content (AvgIpc) is 2.68. The molecular weight excluding hydrogens is 360 g/mol. The number of allylic oxidation sites excluding steroid dienone is 3. The van der Waals surface area contributed by atoms with Crippen molar-refractivity contribution in [2.24, 2.45) is 16.7 Å². The van der Waals surface area contributed by atoms with E-state index in [9.17, 15) is 0 Å². The van der Waals surface area contributed by atoms with Crippen molar-refractivity contribution in [1.29, 1.82) is 0 Å². The molecule has 0 nitrogen and oxygen atoms in total. The van der Waals surface area contributed by atoms with Gasteiger partial charge < -0.3 is 0 Å². The molecular formula is C30H46. The van der Waals surface area contributed by atoms with Gasteiger partial charge in [-0.1, -0.05) is 102 Å². The van der Waals surface area contributed by atoms with Crippen molar-refractivity contribution < 1.29 is 0 Å². The zero-order chi connectivity index (χ0) is 21.9. The fourth-order valence-electron chi connectivity index (χ4n) is 6.10. The number of hydrogen-bond acceptors (Lipinski definition) is 0. The summed E-state index contributed by atoms with van der Waals surface area (Å²) in [5.74, 6) is 1.34. The molecule has 30 heavy (non-hydrogen) atoms. The summed E-state index contributed by atoms with van der Waals surface area (Å²) < 4.78 is 0. The van der Waals surface area contributed by atoms with Gasteiger partial charge in [-0.15, -0.1) is 0 Å². The Hall–Kier alpha value is -1.30. The summed E-state index contributed by atoms with van der Waals surface area (Å²) in [5.41, 5.74) is 8.41. The maximum absolute atomic E-state index is 4.68. The second-order valence-electron chi connectivity index (χ2n) is 11.8. The highest BCUT2D eigenvalue weighted by atomic mass is 14.4. The molecule has 0 heterocycles. The Labute approximate surface area is 187 Å². The van der Waals surface area contributed by atoms with Crippen molar-refractivity contribution in [1.82, 2.24) is 0 Å². The lowest BCUT2D eigenvalue weighted by atomic mass is 9.63. The van der Waals surface area contributed by atoms with Crippen LogP contribution in [0.5, 0.6) is 0 Å². The van der Waals surface area contributed by atoms with Crippen molar-refractivity contribution in [2.45, 2.75) is 112 Å². The molecule has 0 spiro atoms. The van der Waals surface area contributed by atoms with E-state index < -0.39 is 0 Å². The molecule has 2 aliphatic carbocycles. The van der Waals surface area contributed by atoms with Gasteiger partial charge in [0, 0.05) is 0 Å². The van der Waals surface area contributed by atoms with Gasteiger partial charge in [-0.3, -0.25) is 0 Å². The molecule has 0 N–H and O–H groups in total. The molecule has 2 atom stereocenters. The van der Waals surface area contributed by atoms with Gasteiger partial charge in [0.2, 0.25) is 0 Å². The van der Waals surface area contributed by atoms with Crippen LogP contribution < -0.4 is 0 Å². The molecule has 166 valence electrons. The zero-order valence-corrected chi connectivity index (χ0v) is 20.7. The van der Waals surface area contributed by atoms with E-state index in [0.29, 0.717) is 22.7 Å². The normalized spacial score (nSPS) is 24.4. The van der Waals surface area contributed by atoms with Gasteiger partial charge in [0.05, 0.1) is 0 Å². The minimum Gasteiger partial charge on any atom is -0.0990 e. The van der Waals surface area contributed by atoms with Crippen LogP contribution in [-0.4, -0.2) is 0 Å². The molecule has 0 heteroatoms. The Morgan fingerprint density at radius 1 is 1.13 bits per heavy atom. The molecule has 0 radical (unpaired) electrons. The fourth-order valence-corrected chi connectivity index (χ4v) is 6.10. The molecule has 3 rings (SSSR count). The SMILES string of the molecule is C=C(Cc1cc(CCC)ccc1C1CC(C)=CCC1C(C)(C)C)C1(C)CCCCC1. The smallest absolute Gasteiger partial charge is 0.00614 e. The topological polar surface area (TPSA) is 0 Å². The number of hydrogen-bond donors (Lipinski definition) is 0. The standard InChI is InChI=1S/C30H46/c1-8-12-24-14-15-26(27-19-22(2)13-16-28(27)29(4,5)6)25(21-24)20-23(3)30(7)17-10-9-11-18-30/h13-15,21,27-28H,3,8-12,16-20H2,1-2,4-7H3. The maximum atomic E-state index is 4.68. The van der Waals surface area contributed by atoms with E-state index in [0.717, 1.165) is 6.42 Å². The van der Waals surface area contributed by atoms with Crippen LogP contribution in [0.2, 0.25) is 0 Å². The quantitative estimate of drug-likeness (QED) is 0.413. The lowest BCUT2D eigenvalue weighted by Crippen LogP contribution is -2.30. The van der Waals surface area contributed by atoms with Gasteiger partial charge in [0.1, 0.15) is 0 Å². The van der Waals surface area contributed by atoms with Gasteiger partial charge in [0.15, 0.2) is 0 Å². The molecule has 2 unspecified atom stereocenters. The largest absolute Gasteiger partial charge is 0.0990 e. The summed E-state index contributed by atoms with van der Waals surface area (Å²) in [5, 5.41) is 0. The Kier molecular flexibility index (Phi) is 7.36. The van der Waals surface area contributed by atoms with Crippen LogP contribution in [0.15, 0.2) is 42.0 Å². The first-order valence-corrected chi connectivity index (χ1v) is 12.6. The maximum Gasteiger partial charge on any atom is -0.00614 e. The van der Waals surface area contributed by atoms with E-state index >= 15 is 0 Å². The van der Waals surface area contributed by atoms with Crippen molar-refractivity contribution >= 4 is 0 Å². The minimum atomic E-state index is 0.327. The number of rotatable bonds is 6. The highest BCUT2D eigenvalue weighted by Gasteiger charge is 2.36. The van der Waals surface area contributed by atoms with E-state index in [1.165, 1.54) is 68.9 Å². The number of benzene rings is 1. The number of aryl methyl sites for hydroxylation is 1.